The molecule has 1 heterocycles. The lowest BCUT2D eigenvalue weighted by Gasteiger charge is -2.36. The van der Waals surface area contributed by atoms with Crippen LogP contribution in [-0.4, -0.2) is 48.2 Å². The Hall–Kier alpha value is -1.10. The SMILES string of the molecule is COC(C)C(=O)N1CCCC(C(C)CC(=O)O)C1. The average Bonchev–Trinajstić information content (AvgIpc) is 2.36. The minimum absolute atomic E-state index is 0.00438. The van der Waals surface area contributed by atoms with Gasteiger partial charge in [0.25, 0.3) is 5.91 Å². The fourth-order valence-corrected chi connectivity index (χ4v) is 2.47. The van der Waals surface area contributed by atoms with Crippen LogP contribution in [0.5, 0.6) is 0 Å². The number of piperidine rings is 1. The largest absolute Gasteiger partial charge is 0.481 e. The van der Waals surface area contributed by atoms with Gasteiger partial charge in [-0.3, -0.25) is 9.59 Å². The highest BCUT2D eigenvalue weighted by atomic mass is 16.5. The molecule has 0 spiro atoms. The van der Waals surface area contributed by atoms with Gasteiger partial charge in [0.2, 0.25) is 0 Å². The third kappa shape index (κ3) is 3.98. The fourth-order valence-electron chi connectivity index (χ4n) is 2.47. The van der Waals surface area contributed by atoms with E-state index in [1.54, 1.807) is 11.8 Å². The summed E-state index contributed by atoms with van der Waals surface area (Å²) >= 11 is 0. The van der Waals surface area contributed by atoms with Crippen molar-refractivity contribution < 1.29 is 19.4 Å². The van der Waals surface area contributed by atoms with Crippen molar-refractivity contribution in [2.24, 2.45) is 11.8 Å². The maximum Gasteiger partial charge on any atom is 0.303 e. The van der Waals surface area contributed by atoms with Gasteiger partial charge in [-0.25, -0.2) is 0 Å². The van der Waals surface area contributed by atoms with Crippen molar-refractivity contribution in [2.45, 2.75) is 39.2 Å². The van der Waals surface area contributed by atoms with Crippen molar-refractivity contribution in [1.29, 1.82) is 0 Å². The summed E-state index contributed by atoms with van der Waals surface area (Å²) < 4.78 is 5.04. The number of carboxylic acids is 1. The zero-order valence-corrected chi connectivity index (χ0v) is 11.4. The zero-order chi connectivity index (χ0) is 13.7. The molecule has 1 rings (SSSR count). The first-order valence-corrected chi connectivity index (χ1v) is 6.49. The number of carbonyl (C=O) groups is 2. The molecule has 1 fully saturated rings. The van der Waals surface area contributed by atoms with Crippen molar-refractivity contribution >= 4 is 11.9 Å². The molecule has 104 valence electrons. The summed E-state index contributed by atoms with van der Waals surface area (Å²) in [7, 11) is 1.52. The van der Waals surface area contributed by atoms with Gasteiger partial charge in [-0.1, -0.05) is 6.92 Å². The van der Waals surface area contributed by atoms with Gasteiger partial charge in [-0.2, -0.15) is 0 Å². The number of ether oxygens (including phenoxy) is 1. The molecule has 1 N–H and O–H groups in total. The predicted octanol–water partition coefficient (Wildman–Crippen LogP) is 1.37. The third-order valence-electron chi connectivity index (χ3n) is 3.77. The number of carboxylic acid groups (broad SMARTS) is 1. The molecule has 1 aliphatic heterocycles. The molecule has 0 bridgehead atoms. The maximum absolute atomic E-state index is 12.0. The van der Waals surface area contributed by atoms with E-state index >= 15 is 0 Å². The first-order valence-electron chi connectivity index (χ1n) is 6.49. The number of nitrogens with zero attached hydrogens (tertiary/aromatic N) is 1. The molecule has 18 heavy (non-hydrogen) atoms. The minimum Gasteiger partial charge on any atom is -0.481 e. The molecule has 5 heteroatoms. The molecule has 0 aromatic carbocycles. The summed E-state index contributed by atoms with van der Waals surface area (Å²) in [5.74, 6) is -0.375. The summed E-state index contributed by atoms with van der Waals surface area (Å²) in [5.41, 5.74) is 0. The predicted molar refractivity (Wildman–Crippen MR) is 67.2 cm³/mol. The average molecular weight is 257 g/mol. The van der Waals surface area contributed by atoms with Crippen LogP contribution in [0, 0.1) is 11.8 Å². The van der Waals surface area contributed by atoms with Gasteiger partial charge < -0.3 is 14.7 Å². The van der Waals surface area contributed by atoms with Crippen LogP contribution >= 0.6 is 0 Å². The van der Waals surface area contributed by atoms with E-state index in [9.17, 15) is 9.59 Å². The first kappa shape index (κ1) is 15.0. The Labute approximate surface area is 108 Å². The minimum atomic E-state index is -0.767. The van der Waals surface area contributed by atoms with Gasteiger partial charge in [0.15, 0.2) is 0 Å². The second-order valence-electron chi connectivity index (χ2n) is 5.14. The number of hydrogen-bond acceptors (Lipinski definition) is 3. The maximum atomic E-state index is 12.0. The van der Waals surface area contributed by atoms with Crippen LogP contribution in [0.2, 0.25) is 0 Å². The molecular formula is C13H23NO4. The summed E-state index contributed by atoms with van der Waals surface area (Å²) in [6.45, 7) is 5.10. The Morgan fingerprint density at radius 1 is 1.44 bits per heavy atom. The van der Waals surface area contributed by atoms with E-state index in [0.29, 0.717) is 6.54 Å². The van der Waals surface area contributed by atoms with Crippen LogP contribution in [0.4, 0.5) is 0 Å². The van der Waals surface area contributed by atoms with Crippen LogP contribution in [0.15, 0.2) is 0 Å². The molecule has 0 aromatic rings. The van der Waals surface area contributed by atoms with Crippen molar-refractivity contribution in [3.8, 4) is 0 Å². The van der Waals surface area contributed by atoms with E-state index in [4.69, 9.17) is 9.84 Å². The van der Waals surface area contributed by atoms with Crippen molar-refractivity contribution in [3.63, 3.8) is 0 Å². The van der Waals surface area contributed by atoms with Gasteiger partial charge in [-0.15, -0.1) is 0 Å². The van der Waals surface area contributed by atoms with Crippen LogP contribution in [0.3, 0.4) is 0 Å². The summed E-state index contributed by atoms with van der Waals surface area (Å²) in [5, 5.41) is 8.82. The molecular weight excluding hydrogens is 234 g/mol. The normalized spacial score (nSPS) is 23.5. The Kier molecular flexibility index (Phi) is 5.59. The number of likely N-dealkylation sites (tertiary alicyclic amines) is 1. The highest BCUT2D eigenvalue weighted by Gasteiger charge is 2.30. The van der Waals surface area contributed by atoms with Gasteiger partial charge in [0.1, 0.15) is 6.10 Å². The molecule has 0 aliphatic carbocycles. The molecule has 1 amide bonds. The van der Waals surface area contributed by atoms with E-state index in [1.807, 2.05) is 6.92 Å². The molecule has 5 nitrogen and oxygen atoms in total. The van der Waals surface area contributed by atoms with Crippen LogP contribution in [-0.2, 0) is 14.3 Å². The number of rotatable bonds is 5. The molecule has 0 radical (unpaired) electrons. The van der Waals surface area contributed by atoms with Gasteiger partial charge in [0, 0.05) is 26.6 Å². The smallest absolute Gasteiger partial charge is 0.303 e. The van der Waals surface area contributed by atoms with E-state index in [1.165, 1.54) is 7.11 Å². The van der Waals surface area contributed by atoms with Gasteiger partial charge in [-0.05, 0) is 31.6 Å². The van der Waals surface area contributed by atoms with E-state index in [-0.39, 0.29) is 24.2 Å². The van der Waals surface area contributed by atoms with E-state index in [2.05, 4.69) is 0 Å². The number of methoxy groups -OCH3 is 1. The van der Waals surface area contributed by atoms with Crippen molar-refractivity contribution in [3.05, 3.63) is 0 Å². The topological polar surface area (TPSA) is 66.8 Å². The zero-order valence-electron chi connectivity index (χ0n) is 11.4. The number of aliphatic carboxylic acids is 1. The fraction of sp³-hybridized carbons (Fsp3) is 0.846. The molecule has 0 aromatic heterocycles. The number of hydrogen-bond donors (Lipinski definition) is 1. The van der Waals surface area contributed by atoms with E-state index in [0.717, 1.165) is 19.4 Å². The lowest BCUT2D eigenvalue weighted by atomic mass is 9.84. The Morgan fingerprint density at radius 3 is 2.67 bits per heavy atom. The molecule has 3 atom stereocenters. The monoisotopic (exact) mass is 257 g/mol. The Bertz CT molecular complexity index is 305. The second kappa shape index (κ2) is 6.73. The summed E-state index contributed by atoms with van der Waals surface area (Å²) in [6, 6.07) is 0. The highest BCUT2D eigenvalue weighted by molar-refractivity contribution is 5.80. The Morgan fingerprint density at radius 2 is 2.11 bits per heavy atom. The van der Waals surface area contributed by atoms with Crippen molar-refractivity contribution in [2.75, 3.05) is 20.2 Å². The van der Waals surface area contributed by atoms with Gasteiger partial charge >= 0.3 is 5.97 Å². The molecule has 1 saturated heterocycles. The molecule has 3 unspecified atom stereocenters. The van der Waals surface area contributed by atoms with Crippen LogP contribution in [0.1, 0.15) is 33.1 Å². The third-order valence-corrected chi connectivity index (χ3v) is 3.77. The summed E-state index contributed by atoms with van der Waals surface area (Å²) in [4.78, 5) is 24.5. The van der Waals surface area contributed by atoms with Crippen molar-refractivity contribution in [1.82, 2.24) is 4.90 Å². The Balaban J connectivity index is 2.55. The lowest BCUT2D eigenvalue weighted by molar-refractivity contribution is -0.143. The van der Waals surface area contributed by atoms with Crippen LogP contribution < -0.4 is 0 Å². The van der Waals surface area contributed by atoms with Gasteiger partial charge in [0.05, 0.1) is 0 Å². The van der Waals surface area contributed by atoms with Crippen LogP contribution in [0.25, 0.3) is 0 Å². The standard InChI is InChI=1S/C13H23NO4/c1-9(7-12(15)16)11-5-4-6-14(8-11)13(17)10(2)18-3/h9-11H,4-8H2,1-3H3,(H,15,16). The second-order valence-corrected chi connectivity index (χ2v) is 5.14. The molecule has 0 saturated carbocycles. The quantitative estimate of drug-likeness (QED) is 0.807. The highest BCUT2D eigenvalue weighted by Crippen LogP contribution is 2.26. The van der Waals surface area contributed by atoms with E-state index < -0.39 is 12.1 Å². The molecule has 1 aliphatic rings. The number of carbonyl (C=O) groups excluding carboxylic acids is 1. The first-order chi connectivity index (χ1) is 8.45. The number of amides is 1. The lowest BCUT2D eigenvalue weighted by Crippen LogP contribution is -2.46. The summed E-state index contributed by atoms with van der Waals surface area (Å²) in [6.07, 6.45) is 1.70.